The molecule has 4 nitrogen and oxygen atoms in total. The van der Waals surface area contributed by atoms with E-state index in [0.29, 0.717) is 5.02 Å². The maximum absolute atomic E-state index is 10.2. The fourth-order valence-corrected chi connectivity index (χ4v) is 1.39. The average molecular weight is 212 g/mol. The summed E-state index contributed by atoms with van der Waals surface area (Å²) in [7, 11) is 0. The van der Waals surface area contributed by atoms with E-state index in [1.807, 2.05) is 0 Å². The molecule has 0 aliphatic carbocycles. The van der Waals surface area contributed by atoms with Crippen molar-refractivity contribution < 1.29 is 14.6 Å². The molecule has 0 saturated heterocycles. The molecule has 0 spiro atoms. The maximum Gasteiger partial charge on any atom is 0.512 e. The number of fused-ring (bicyclic) bond motifs is 1. The molecule has 0 saturated carbocycles. The Hall–Kier alpha value is -1.68. The first kappa shape index (κ1) is 8.90. The Bertz CT molecular complexity index is 492. The highest BCUT2D eigenvalue weighted by Gasteiger charge is 2.05. The number of ether oxygens (including phenoxy) is 1. The second-order valence-electron chi connectivity index (χ2n) is 2.73. The van der Waals surface area contributed by atoms with Gasteiger partial charge in [0.05, 0.1) is 0 Å². The first-order valence-electron chi connectivity index (χ1n) is 3.84. The highest BCUT2D eigenvalue weighted by atomic mass is 35.5. The number of benzene rings is 1. The lowest BCUT2D eigenvalue weighted by atomic mass is 10.2. The van der Waals surface area contributed by atoms with Gasteiger partial charge in [0.25, 0.3) is 0 Å². The lowest BCUT2D eigenvalue weighted by Crippen LogP contribution is -2.02. The minimum absolute atomic E-state index is 0.190. The largest absolute Gasteiger partial charge is 0.512 e. The molecule has 2 N–H and O–H groups in total. The van der Waals surface area contributed by atoms with E-state index in [0.717, 1.165) is 10.9 Å². The van der Waals surface area contributed by atoms with E-state index in [9.17, 15) is 4.79 Å². The fraction of sp³-hybridized carbons (Fsp3) is 0. The summed E-state index contributed by atoms with van der Waals surface area (Å²) in [6, 6.07) is 6.80. The normalized spacial score (nSPS) is 10.4. The van der Waals surface area contributed by atoms with Crippen molar-refractivity contribution in [2.75, 3.05) is 0 Å². The Balaban J connectivity index is 2.46. The molecule has 0 fully saturated rings. The molecule has 2 rings (SSSR count). The number of halogens is 1. The third kappa shape index (κ3) is 1.65. The summed E-state index contributed by atoms with van der Waals surface area (Å²) < 4.78 is 4.46. The van der Waals surface area contributed by atoms with Crippen molar-refractivity contribution in [3.63, 3.8) is 0 Å². The van der Waals surface area contributed by atoms with Crippen molar-refractivity contribution in [3.8, 4) is 5.88 Å². The van der Waals surface area contributed by atoms with Crippen molar-refractivity contribution in [1.82, 2.24) is 4.98 Å². The topological polar surface area (TPSA) is 62.3 Å². The van der Waals surface area contributed by atoms with E-state index in [4.69, 9.17) is 16.7 Å². The minimum Gasteiger partial charge on any atom is -0.449 e. The highest BCUT2D eigenvalue weighted by Crippen LogP contribution is 2.23. The van der Waals surface area contributed by atoms with Gasteiger partial charge >= 0.3 is 6.16 Å². The number of hydrogen-bond acceptors (Lipinski definition) is 2. The zero-order valence-corrected chi connectivity index (χ0v) is 7.71. The fourth-order valence-electron chi connectivity index (χ4n) is 1.22. The number of aromatic amines is 1. The zero-order valence-electron chi connectivity index (χ0n) is 6.95. The predicted molar refractivity (Wildman–Crippen MR) is 52.0 cm³/mol. The highest BCUT2D eigenvalue weighted by molar-refractivity contribution is 6.31. The van der Waals surface area contributed by atoms with Gasteiger partial charge in [0.15, 0.2) is 0 Å². The number of hydrogen-bond donors (Lipinski definition) is 2. The van der Waals surface area contributed by atoms with Gasteiger partial charge in [0.1, 0.15) is 0 Å². The van der Waals surface area contributed by atoms with E-state index in [1.165, 1.54) is 0 Å². The summed E-state index contributed by atoms with van der Waals surface area (Å²) >= 11 is 5.76. The van der Waals surface area contributed by atoms with Crippen LogP contribution in [0.15, 0.2) is 24.3 Å². The van der Waals surface area contributed by atoms with Crippen molar-refractivity contribution in [1.29, 1.82) is 0 Å². The van der Waals surface area contributed by atoms with Gasteiger partial charge in [-0.2, -0.15) is 0 Å². The van der Waals surface area contributed by atoms with Crippen LogP contribution in [0.3, 0.4) is 0 Å². The van der Waals surface area contributed by atoms with Crippen LogP contribution >= 0.6 is 11.6 Å². The molecule has 0 amide bonds. The van der Waals surface area contributed by atoms with E-state index in [2.05, 4.69) is 9.72 Å². The quantitative estimate of drug-likeness (QED) is 0.713. The summed E-state index contributed by atoms with van der Waals surface area (Å²) in [4.78, 5) is 13.0. The monoisotopic (exact) mass is 211 g/mol. The third-order valence-corrected chi connectivity index (χ3v) is 1.99. The Morgan fingerprint density at radius 2 is 2.21 bits per heavy atom. The van der Waals surface area contributed by atoms with Gasteiger partial charge < -0.3 is 14.8 Å². The minimum atomic E-state index is -1.34. The molecule has 5 heteroatoms. The van der Waals surface area contributed by atoms with Crippen LogP contribution in [-0.4, -0.2) is 16.2 Å². The van der Waals surface area contributed by atoms with Crippen molar-refractivity contribution >= 4 is 28.7 Å². The summed E-state index contributed by atoms with van der Waals surface area (Å²) in [5, 5.41) is 9.82. The van der Waals surface area contributed by atoms with Crippen molar-refractivity contribution in [3.05, 3.63) is 29.3 Å². The first-order chi connectivity index (χ1) is 6.65. The summed E-state index contributed by atoms with van der Waals surface area (Å²) in [6.45, 7) is 0. The standard InChI is InChI=1S/C9H6ClNO3/c10-6-2-1-5-3-8(14-9(12)13)11-7(5)4-6/h1-4,11H,(H,12,13). The molecule has 0 unspecified atom stereocenters. The molecule has 0 atom stereocenters. The van der Waals surface area contributed by atoms with Crippen LogP contribution in [0, 0.1) is 0 Å². The van der Waals surface area contributed by atoms with Crippen LogP contribution < -0.4 is 4.74 Å². The van der Waals surface area contributed by atoms with Crippen molar-refractivity contribution in [2.45, 2.75) is 0 Å². The van der Waals surface area contributed by atoms with E-state index >= 15 is 0 Å². The van der Waals surface area contributed by atoms with Crippen LogP contribution in [0.1, 0.15) is 0 Å². The SMILES string of the molecule is O=C(O)Oc1cc2ccc(Cl)cc2[nH]1. The predicted octanol–water partition coefficient (Wildman–Crippen LogP) is 2.88. The van der Waals surface area contributed by atoms with E-state index in [-0.39, 0.29) is 5.88 Å². The van der Waals surface area contributed by atoms with Gasteiger partial charge in [-0.05, 0) is 12.1 Å². The molecule has 1 aromatic carbocycles. The second kappa shape index (κ2) is 3.23. The lowest BCUT2D eigenvalue weighted by molar-refractivity contribution is 0.143. The zero-order chi connectivity index (χ0) is 10.1. The number of aromatic nitrogens is 1. The van der Waals surface area contributed by atoms with Gasteiger partial charge in [-0.1, -0.05) is 17.7 Å². The summed E-state index contributed by atoms with van der Waals surface area (Å²) in [5.41, 5.74) is 0.744. The van der Waals surface area contributed by atoms with Gasteiger partial charge in [0, 0.05) is 22.0 Å². The maximum atomic E-state index is 10.2. The number of carbonyl (C=O) groups is 1. The van der Waals surface area contributed by atoms with Crippen LogP contribution in [0.4, 0.5) is 4.79 Å². The van der Waals surface area contributed by atoms with Crippen LogP contribution in [0.25, 0.3) is 10.9 Å². The first-order valence-corrected chi connectivity index (χ1v) is 4.22. The average Bonchev–Trinajstić information content (AvgIpc) is 2.44. The van der Waals surface area contributed by atoms with Crippen molar-refractivity contribution in [2.24, 2.45) is 0 Å². The van der Waals surface area contributed by atoms with Crippen LogP contribution in [-0.2, 0) is 0 Å². The van der Waals surface area contributed by atoms with Crippen LogP contribution in [0.2, 0.25) is 5.02 Å². The van der Waals surface area contributed by atoms with E-state index in [1.54, 1.807) is 24.3 Å². The Morgan fingerprint density at radius 1 is 1.43 bits per heavy atom. The molecule has 72 valence electrons. The Labute approximate surface area is 84.1 Å². The van der Waals surface area contributed by atoms with Gasteiger partial charge in [-0.25, -0.2) is 4.79 Å². The molecule has 0 bridgehead atoms. The van der Waals surface area contributed by atoms with Crippen LogP contribution in [0.5, 0.6) is 5.88 Å². The molecule has 1 aromatic heterocycles. The van der Waals surface area contributed by atoms with Gasteiger partial charge in [-0.15, -0.1) is 0 Å². The number of carboxylic acid groups (broad SMARTS) is 1. The lowest BCUT2D eigenvalue weighted by Gasteiger charge is -1.92. The molecule has 2 aromatic rings. The smallest absolute Gasteiger partial charge is 0.449 e. The molecular weight excluding hydrogens is 206 g/mol. The van der Waals surface area contributed by atoms with Gasteiger partial charge in [-0.3, -0.25) is 0 Å². The summed E-state index contributed by atoms with van der Waals surface area (Å²) in [5.74, 6) is 0.190. The Kier molecular flexibility index (Phi) is 2.05. The molecule has 1 heterocycles. The molecule has 0 radical (unpaired) electrons. The third-order valence-electron chi connectivity index (χ3n) is 1.76. The van der Waals surface area contributed by atoms with Gasteiger partial charge in [0.2, 0.25) is 5.88 Å². The summed E-state index contributed by atoms with van der Waals surface area (Å²) in [6.07, 6.45) is -1.34. The number of nitrogens with one attached hydrogen (secondary N) is 1. The molecule has 0 aliphatic rings. The Morgan fingerprint density at radius 3 is 2.93 bits per heavy atom. The molecular formula is C9H6ClNO3. The molecule has 14 heavy (non-hydrogen) atoms. The van der Waals surface area contributed by atoms with E-state index < -0.39 is 6.16 Å². The number of rotatable bonds is 1. The molecule has 0 aliphatic heterocycles. The number of H-pyrrole nitrogens is 1. The second-order valence-corrected chi connectivity index (χ2v) is 3.17.